The average Bonchev–Trinajstić information content (AvgIpc) is 2.63. The summed E-state index contributed by atoms with van der Waals surface area (Å²) in [5, 5.41) is 15.7. The molecule has 0 saturated carbocycles. The van der Waals surface area contributed by atoms with Crippen LogP contribution in [0.25, 0.3) is 5.69 Å². The highest BCUT2D eigenvalue weighted by Gasteiger charge is 2.05. The molecule has 1 heterocycles. The van der Waals surface area contributed by atoms with Crippen molar-refractivity contribution in [3.63, 3.8) is 0 Å². The van der Waals surface area contributed by atoms with Gasteiger partial charge in [0.2, 0.25) is 0 Å². The molecule has 0 atom stereocenters. The first kappa shape index (κ1) is 9.45. The summed E-state index contributed by atoms with van der Waals surface area (Å²) in [7, 11) is 0. The van der Waals surface area contributed by atoms with Gasteiger partial charge in [0.15, 0.2) is 0 Å². The Bertz CT molecular complexity index is 474. The Kier molecular flexibility index (Phi) is 2.49. The molecule has 4 heteroatoms. The Morgan fingerprint density at radius 3 is 2.73 bits per heavy atom. The van der Waals surface area contributed by atoms with Gasteiger partial charge in [-0.1, -0.05) is 23.4 Å². The highest BCUT2D eigenvalue weighted by molar-refractivity contribution is 5.80. The fourth-order valence-electron chi connectivity index (χ4n) is 1.44. The summed E-state index contributed by atoms with van der Waals surface area (Å²) in [5.74, 6) is 0. The van der Waals surface area contributed by atoms with Crippen molar-refractivity contribution >= 4 is 6.21 Å². The third-order valence-corrected chi connectivity index (χ3v) is 2.25. The van der Waals surface area contributed by atoms with Crippen LogP contribution in [0, 0.1) is 6.92 Å². The maximum Gasteiger partial charge on any atom is 0.0768 e. The molecule has 4 nitrogen and oxygen atoms in total. The topological polar surface area (TPSA) is 50.4 Å². The summed E-state index contributed by atoms with van der Waals surface area (Å²) in [5.41, 5.74) is 2.74. The van der Waals surface area contributed by atoms with Crippen LogP contribution in [-0.2, 0) is 0 Å². The van der Waals surface area contributed by atoms with E-state index in [2.05, 4.69) is 10.3 Å². The minimum absolute atomic E-state index is 0.807. The van der Waals surface area contributed by atoms with Gasteiger partial charge >= 0.3 is 0 Å². The molecule has 0 amide bonds. The minimum atomic E-state index is 0.807. The molecule has 76 valence electrons. The van der Waals surface area contributed by atoms with E-state index in [9.17, 15) is 0 Å². The molecular formula is C11H11N3O. The van der Waals surface area contributed by atoms with E-state index in [1.807, 2.05) is 37.3 Å². The van der Waals surface area contributed by atoms with Gasteiger partial charge in [0.1, 0.15) is 0 Å². The van der Waals surface area contributed by atoms with E-state index in [0.29, 0.717) is 0 Å². The first-order chi connectivity index (χ1) is 7.33. The molecule has 2 rings (SSSR count). The third kappa shape index (κ3) is 1.74. The van der Waals surface area contributed by atoms with Crippen LogP contribution in [0.2, 0.25) is 0 Å². The summed E-state index contributed by atoms with van der Waals surface area (Å²) in [6.45, 7) is 1.93. The zero-order valence-corrected chi connectivity index (χ0v) is 8.33. The smallest absolute Gasteiger partial charge is 0.0768 e. The van der Waals surface area contributed by atoms with E-state index in [-0.39, 0.29) is 0 Å². The Labute approximate surface area is 87.5 Å². The second-order valence-corrected chi connectivity index (χ2v) is 3.18. The van der Waals surface area contributed by atoms with Gasteiger partial charge in [0, 0.05) is 5.56 Å². The third-order valence-electron chi connectivity index (χ3n) is 2.25. The molecule has 0 unspecified atom stereocenters. The van der Waals surface area contributed by atoms with Gasteiger partial charge in [0.05, 0.1) is 23.8 Å². The van der Waals surface area contributed by atoms with Gasteiger partial charge in [-0.25, -0.2) is 4.68 Å². The van der Waals surface area contributed by atoms with Gasteiger partial charge in [0.25, 0.3) is 0 Å². The maximum absolute atomic E-state index is 8.46. The van der Waals surface area contributed by atoms with Crippen molar-refractivity contribution in [2.75, 3.05) is 0 Å². The van der Waals surface area contributed by atoms with Crippen molar-refractivity contribution < 1.29 is 5.21 Å². The van der Waals surface area contributed by atoms with Crippen LogP contribution >= 0.6 is 0 Å². The number of benzene rings is 1. The van der Waals surface area contributed by atoms with Crippen molar-refractivity contribution in [2.24, 2.45) is 5.16 Å². The lowest BCUT2D eigenvalue weighted by molar-refractivity contribution is 0.322. The molecule has 0 saturated heterocycles. The maximum atomic E-state index is 8.46. The zero-order valence-electron chi connectivity index (χ0n) is 8.33. The largest absolute Gasteiger partial charge is 0.411 e. The first-order valence-corrected chi connectivity index (χ1v) is 4.60. The van der Waals surface area contributed by atoms with Gasteiger partial charge in [-0.2, -0.15) is 5.10 Å². The summed E-state index contributed by atoms with van der Waals surface area (Å²) in [6, 6.07) is 9.81. The predicted octanol–water partition coefficient (Wildman–Crippen LogP) is 1.99. The Balaban J connectivity index is 2.47. The molecule has 0 fully saturated rings. The normalized spacial score (nSPS) is 11.0. The molecule has 0 aliphatic rings. The minimum Gasteiger partial charge on any atom is -0.411 e. The van der Waals surface area contributed by atoms with Gasteiger partial charge in [-0.15, -0.1) is 0 Å². The monoisotopic (exact) mass is 201 g/mol. The molecule has 15 heavy (non-hydrogen) atoms. The number of rotatable bonds is 2. The number of para-hydroxylation sites is 1. The lowest BCUT2D eigenvalue weighted by atomic mass is 10.2. The van der Waals surface area contributed by atoms with Crippen molar-refractivity contribution in [1.82, 2.24) is 9.78 Å². The van der Waals surface area contributed by atoms with Crippen LogP contribution < -0.4 is 0 Å². The molecule has 0 aliphatic heterocycles. The first-order valence-electron chi connectivity index (χ1n) is 4.60. The molecular weight excluding hydrogens is 190 g/mol. The van der Waals surface area contributed by atoms with Crippen LogP contribution in [0.15, 0.2) is 41.7 Å². The number of aromatic nitrogens is 2. The summed E-state index contributed by atoms with van der Waals surface area (Å²) >= 11 is 0. The van der Waals surface area contributed by atoms with E-state index in [1.165, 1.54) is 6.21 Å². The lowest BCUT2D eigenvalue weighted by Gasteiger charge is -2.03. The van der Waals surface area contributed by atoms with Crippen molar-refractivity contribution in [1.29, 1.82) is 0 Å². The van der Waals surface area contributed by atoms with E-state index >= 15 is 0 Å². The lowest BCUT2D eigenvalue weighted by Crippen LogP contribution is -1.98. The van der Waals surface area contributed by atoms with Crippen molar-refractivity contribution in [3.8, 4) is 5.69 Å². The van der Waals surface area contributed by atoms with E-state index in [0.717, 1.165) is 16.9 Å². The fraction of sp³-hybridized carbons (Fsp3) is 0.0909. The standard InChI is InChI=1S/C11H11N3O/c1-9-10(8-13-15)7-12-14(9)11-5-3-2-4-6-11/h2-8,15H,1H3/b13-8+. The van der Waals surface area contributed by atoms with Crippen LogP contribution in [0.5, 0.6) is 0 Å². The molecule has 1 N–H and O–H groups in total. The Hall–Kier alpha value is -2.10. The molecule has 1 aromatic heterocycles. The Morgan fingerprint density at radius 1 is 1.33 bits per heavy atom. The highest BCUT2D eigenvalue weighted by Crippen LogP contribution is 2.11. The second kappa shape index (κ2) is 3.96. The van der Waals surface area contributed by atoms with Crippen LogP contribution in [0.1, 0.15) is 11.3 Å². The number of oxime groups is 1. The van der Waals surface area contributed by atoms with Crippen LogP contribution in [0.3, 0.4) is 0 Å². The molecule has 0 spiro atoms. The molecule has 1 aromatic carbocycles. The quantitative estimate of drug-likeness (QED) is 0.459. The van der Waals surface area contributed by atoms with E-state index in [1.54, 1.807) is 10.9 Å². The van der Waals surface area contributed by atoms with E-state index < -0.39 is 0 Å². The van der Waals surface area contributed by atoms with Gasteiger partial charge in [-0.3, -0.25) is 0 Å². The summed E-state index contributed by atoms with van der Waals surface area (Å²) < 4.78 is 1.80. The summed E-state index contributed by atoms with van der Waals surface area (Å²) in [6.07, 6.45) is 3.05. The fourth-order valence-corrected chi connectivity index (χ4v) is 1.44. The van der Waals surface area contributed by atoms with E-state index in [4.69, 9.17) is 5.21 Å². The SMILES string of the molecule is Cc1c(/C=N/O)cnn1-c1ccccc1. The van der Waals surface area contributed by atoms with Gasteiger partial charge < -0.3 is 5.21 Å². The molecule has 0 radical (unpaired) electrons. The summed E-state index contributed by atoms with van der Waals surface area (Å²) in [4.78, 5) is 0. The molecule has 0 aliphatic carbocycles. The molecule has 0 bridgehead atoms. The Morgan fingerprint density at radius 2 is 2.07 bits per heavy atom. The zero-order chi connectivity index (χ0) is 10.7. The second-order valence-electron chi connectivity index (χ2n) is 3.18. The highest BCUT2D eigenvalue weighted by atomic mass is 16.4. The predicted molar refractivity (Wildman–Crippen MR) is 57.7 cm³/mol. The molecule has 2 aromatic rings. The average molecular weight is 201 g/mol. The number of nitrogens with zero attached hydrogens (tertiary/aromatic N) is 3. The van der Waals surface area contributed by atoms with Crippen molar-refractivity contribution in [2.45, 2.75) is 6.92 Å². The van der Waals surface area contributed by atoms with Crippen LogP contribution in [-0.4, -0.2) is 21.2 Å². The van der Waals surface area contributed by atoms with Crippen molar-refractivity contribution in [3.05, 3.63) is 47.8 Å². The number of hydrogen-bond acceptors (Lipinski definition) is 3. The van der Waals surface area contributed by atoms with Gasteiger partial charge in [-0.05, 0) is 19.1 Å². The number of hydrogen-bond donors (Lipinski definition) is 1. The van der Waals surface area contributed by atoms with Crippen LogP contribution in [0.4, 0.5) is 0 Å².